The summed E-state index contributed by atoms with van der Waals surface area (Å²) in [6.45, 7) is 2.23. The number of rotatable bonds is 4. The molecule has 1 aromatic heterocycles. The largest absolute Gasteiger partial charge is 0.465 e. The van der Waals surface area contributed by atoms with Gasteiger partial charge < -0.3 is 10.1 Å². The average molecular weight is 262 g/mol. The third-order valence-corrected chi connectivity index (χ3v) is 3.97. The predicted octanol–water partition coefficient (Wildman–Crippen LogP) is 3.25. The fourth-order valence-corrected chi connectivity index (χ4v) is 2.86. The van der Waals surface area contributed by atoms with E-state index in [0.29, 0.717) is 23.3 Å². The van der Waals surface area contributed by atoms with Crippen LogP contribution in [0, 0.1) is 5.92 Å². The summed E-state index contributed by atoms with van der Waals surface area (Å²) in [4.78, 5) is 16.0. The number of anilines is 1. The van der Waals surface area contributed by atoms with Crippen molar-refractivity contribution in [2.75, 3.05) is 12.4 Å². The zero-order valence-electron chi connectivity index (χ0n) is 11.7. The van der Waals surface area contributed by atoms with Gasteiger partial charge in [-0.2, -0.15) is 0 Å². The molecule has 0 aromatic carbocycles. The predicted molar refractivity (Wildman–Crippen MR) is 75.2 cm³/mol. The molecule has 0 bridgehead atoms. The SMILES string of the molecule is CCC1CCCCC1Nc1ncccc1C(=O)OC. The number of nitrogens with zero attached hydrogens (tertiary/aromatic N) is 1. The lowest BCUT2D eigenvalue weighted by atomic mass is 9.83. The second kappa shape index (κ2) is 6.55. The molecular formula is C15H22N2O2. The molecule has 2 rings (SSSR count). The van der Waals surface area contributed by atoms with E-state index in [4.69, 9.17) is 4.74 Å². The first-order chi connectivity index (χ1) is 9.26. The molecule has 0 spiro atoms. The third kappa shape index (κ3) is 3.25. The van der Waals surface area contributed by atoms with Gasteiger partial charge in [0.25, 0.3) is 0 Å². The first-order valence-electron chi connectivity index (χ1n) is 7.06. The van der Waals surface area contributed by atoms with E-state index >= 15 is 0 Å². The van der Waals surface area contributed by atoms with Crippen molar-refractivity contribution in [2.45, 2.75) is 45.1 Å². The van der Waals surface area contributed by atoms with Gasteiger partial charge in [-0.15, -0.1) is 0 Å². The number of hydrogen-bond acceptors (Lipinski definition) is 4. The van der Waals surface area contributed by atoms with Gasteiger partial charge in [0.15, 0.2) is 0 Å². The highest BCUT2D eigenvalue weighted by molar-refractivity contribution is 5.94. The Balaban J connectivity index is 2.15. The Kier molecular flexibility index (Phi) is 4.77. The molecule has 0 radical (unpaired) electrons. The van der Waals surface area contributed by atoms with Gasteiger partial charge in [0.1, 0.15) is 11.4 Å². The fraction of sp³-hybridized carbons (Fsp3) is 0.600. The van der Waals surface area contributed by atoms with E-state index in [1.54, 1.807) is 18.3 Å². The molecule has 0 aliphatic heterocycles. The molecule has 2 atom stereocenters. The number of methoxy groups -OCH3 is 1. The summed E-state index contributed by atoms with van der Waals surface area (Å²) >= 11 is 0. The van der Waals surface area contributed by atoms with Crippen LogP contribution in [0.2, 0.25) is 0 Å². The van der Waals surface area contributed by atoms with Crippen LogP contribution < -0.4 is 5.32 Å². The number of nitrogens with one attached hydrogen (secondary N) is 1. The molecule has 0 amide bonds. The smallest absolute Gasteiger partial charge is 0.341 e. The van der Waals surface area contributed by atoms with Gasteiger partial charge in [-0.1, -0.05) is 26.2 Å². The van der Waals surface area contributed by atoms with E-state index in [2.05, 4.69) is 17.2 Å². The molecule has 4 nitrogen and oxygen atoms in total. The van der Waals surface area contributed by atoms with E-state index in [1.165, 1.54) is 26.4 Å². The molecule has 1 aromatic rings. The third-order valence-electron chi connectivity index (χ3n) is 3.97. The number of pyridine rings is 1. The minimum Gasteiger partial charge on any atom is -0.465 e. The number of aromatic nitrogens is 1. The van der Waals surface area contributed by atoms with Crippen molar-refractivity contribution >= 4 is 11.8 Å². The van der Waals surface area contributed by atoms with Crippen molar-refractivity contribution < 1.29 is 9.53 Å². The highest BCUT2D eigenvalue weighted by Crippen LogP contribution is 2.29. The van der Waals surface area contributed by atoms with Crippen LogP contribution >= 0.6 is 0 Å². The number of esters is 1. The van der Waals surface area contributed by atoms with Gasteiger partial charge in [-0.3, -0.25) is 0 Å². The average Bonchev–Trinajstić information content (AvgIpc) is 2.47. The van der Waals surface area contributed by atoms with E-state index in [1.807, 2.05) is 0 Å². The molecule has 0 saturated heterocycles. The first kappa shape index (κ1) is 13.8. The summed E-state index contributed by atoms with van der Waals surface area (Å²) in [6.07, 6.45) is 7.83. The van der Waals surface area contributed by atoms with Crippen LogP contribution in [0.5, 0.6) is 0 Å². The zero-order valence-corrected chi connectivity index (χ0v) is 11.7. The van der Waals surface area contributed by atoms with E-state index in [-0.39, 0.29) is 5.97 Å². The van der Waals surface area contributed by atoms with Crippen molar-refractivity contribution in [3.05, 3.63) is 23.9 Å². The molecule has 104 valence electrons. The summed E-state index contributed by atoms with van der Waals surface area (Å²) in [5.74, 6) is 0.986. The van der Waals surface area contributed by atoms with Crippen LogP contribution in [0.1, 0.15) is 49.4 Å². The Morgan fingerprint density at radius 1 is 1.47 bits per heavy atom. The van der Waals surface area contributed by atoms with E-state index in [0.717, 1.165) is 12.8 Å². The van der Waals surface area contributed by atoms with Crippen molar-refractivity contribution in [2.24, 2.45) is 5.92 Å². The van der Waals surface area contributed by atoms with Crippen LogP contribution in [0.3, 0.4) is 0 Å². The van der Waals surface area contributed by atoms with Crippen molar-refractivity contribution in [1.29, 1.82) is 0 Å². The van der Waals surface area contributed by atoms with Crippen LogP contribution in [0.25, 0.3) is 0 Å². The molecule has 1 aliphatic rings. The lowest BCUT2D eigenvalue weighted by molar-refractivity contribution is 0.0601. The molecule has 19 heavy (non-hydrogen) atoms. The van der Waals surface area contributed by atoms with Crippen LogP contribution in [0.15, 0.2) is 18.3 Å². The van der Waals surface area contributed by atoms with Crippen LogP contribution in [-0.2, 0) is 4.74 Å². The molecule has 1 heterocycles. The Morgan fingerprint density at radius 3 is 3.00 bits per heavy atom. The standard InChI is InChI=1S/C15H22N2O2/c1-3-11-7-4-5-9-13(11)17-14-12(15(18)19-2)8-6-10-16-14/h6,8,10-11,13H,3-5,7,9H2,1-2H3,(H,16,17). The molecule has 4 heteroatoms. The lowest BCUT2D eigenvalue weighted by Gasteiger charge is -2.32. The Labute approximate surface area is 114 Å². The maximum Gasteiger partial charge on any atom is 0.341 e. The summed E-state index contributed by atoms with van der Waals surface area (Å²) < 4.78 is 4.80. The molecule has 1 fully saturated rings. The Morgan fingerprint density at radius 2 is 2.26 bits per heavy atom. The van der Waals surface area contributed by atoms with Crippen LogP contribution in [-0.4, -0.2) is 24.1 Å². The maximum atomic E-state index is 11.7. The minimum absolute atomic E-state index is 0.334. The second-order valence-corrected chi connectivity index (χ2v) is 5.09. The highest BCUT2D eigenvalue weighted by Gasteiger charge is 2.25. The topological polar surface area (TPSA) is 51.2 Å². The van der Waals surface area contributed by atoms with Gasteiger partial charge in [-0.25, -0.2) is 9.78 Å². The normalized spacial score (nSPS) is 22.8. The van der Waals surface area contributed by atoms with Crippen molar-refractivity contribution in [3.63, 3.8) is 0 Å². The van der Waals surface area contributed by atoms with Gasteiger partial charge in [0.05, 0.1) is 7.11 Å². The summed E-state index contributed by atoms with van der Waals surface area (Å²) in [5, 5.41) is 3.45. The number of carbonyl (C=O) groups excluding carboxylic acids is 1. The summed E-state index contributed by atoms with van der Waals surface area (Å²) in [6, 6.07) is 3.93. The minimum atomic E-state index is -0.334. The molecule has 1 aliphatic carbocycles. The summed E-state index contributed by atoms with van der Waals surface area (Å²) in [5.41, 5.74) is 0.519. The monoisotopic (exact) mass is 262 g/mol. The lowest BCUT2D eigenvalue weighted by Crippen LogP contribution is -2.32. The molecular weight excluding hydrogens is 240 g/mol. The zero-order chi connectivity index (χ0) is 13.7. The van der Waals surface area contributed by atoms with E-state index < -0.39 is 0 Å². The number of ether oxygens (including phenoxy) is 1. The second-order valence-electron chi connectivity index (χ2n) is 5.09. The molecule has 1 saturated carbocycles. The van der Waals surface area contributed by atoms with Gasteiger partial charge >= 0.3 is 5.97 Å². The fourth-order valence-electron chi connectivity index (χ4n) is 2.86. The molecule has 2 unspecified atom stereocenters. The van der Waals surface area contributed by atoms with Crippen molar-refractivity contribution in [1.82, 2.24) is 4.98 Å². The Bertz CT molecular complexity index is 434. The quantitative estimate of drug-likeness (QED) is 0.846. The molecule has 1 N–H and O–H groups in total. The van der Waals surface area contributed by atoms with Crippen LogP contribution in [0.4, 0.5) is 5.82 Å². The summed E-state index contributed by atoms with van der Waals surface area (Å²) in [7, 11) is 1.40. The Hall–Kier alpha value is -1.58. The number of hydrogen-bond donors (Lipinski definition) is 1. The highest BCUT2D eigenvalue weighted by atomic mass is 16.5. The first-order valence-corrected chi connectivity index (χ1v) is 7.06. The van der Waals surface area contributed by atoms with Gasteiger partial charge in [-0.05, 0) is 30.9 Å². The van der Waals surface area contributed by atoms with Gasteiger partial charge in [0, 0.05) is 12.2 Å². The van der Waals surface area contributed by atoms with Crippen molar-refractivity contribution in [3.8, 4) is 0 Å². The maximum absolute atomic E-state index is 11.7. The van der Waals surface area contributed by atoms with E-state index in [9.17, 15) is 4.79 Å². The van der Waals surface area contributed by atoms with Gasteiger partial charge in [0.2, 0.25) is 0 Å². The number of carbonyl (C=O) groups is 1.